The number of nitrogens with one attached hydrogen (secondary N) is 1. The fourth-order valence-corrected chi connectivity index (χ4v) is 4.96. The summed E-state index contributed by atoms with van der Waals surface area (Å²) in [6.07, 6.45) is -2.44. The Kier molecular flexibility index (Phi) is 6.55. The van der Waals surface area contributed by atoms with E-state index in [0.717, 1.165) is 36.4 Å². The van der Waals surface area contributed by atoms with Crippen LogP contribution in [0, 0.1) is 6.92 Å². The quantitative estimate of drug-likeness (QED) is 0.481. The van der Waals surface area contributed by atoms with Crippen molar-refractivity contribution < 1.29 is 22.7 Å². The van der Waals surface area contributed by atoms with Gasteiger partial charge in [0.15, 0.2) is 5.82 Å². The third kappa shape index (κ3) is 4.86. The molecule has 0 spiro atoms. The molecule has 11 heteroatoms. The van der Waals surface area contributed by atoms with Gasteiger partial charge in [-0.25, -0.2) is 4.79 Å². The lowest BCUT2D eigenvalue weighted by atomic mass is 9.98. The van der Waals surface area contributed by atoms with Crippen LogP contribution in [0.3, 0.4) is 0 Å². The second-order valence-electron chi connectivity index (χ2n) is 9.06. The van der Waals surface area contributed by atoms with Gasteiger partial charge in [0.05, 0.1) is 30.8 Å². The van der Waals surface area contributed by atoms with E-state index in [1.165, 1.54) is 6.07 Å². The van der Waals surface area contributed by atoms with Gasteiger partial charge >= 0.3 is 12.2 Å². The van der Waals surface area contributed by atoms with E-state index in [4.69, 9.17) is 16.3 Å². The number of amides is 2. The van der Waals surface area contributed by atoms with Crippen molar-refractivity contribution in [1.82, 2.24) is 25.0 Å². The van der Waals surface area contributed by atoms with E-state index < -0.39 is 17.8 Å². The highest BCUT2D eigenvalue weighted by Crippen LogP contribution is 2.39. The van der Waals surface area contributed by atoms with Gasteiger partial charge in [-0.3, -0.25) is 0 Å². The lowest BCUT2D eigenvalue weighted by Gasteiger charge is -2.31. The van der Waals surface area contributed by atoms with Gasteiger partial charge in [0.2, 0.25) is 0 Å². The molecule has 7 nitrogen and oxygen atoms in total. The number of ether oxygens (including phenoxy) is 1. The fourth-order valence-electron chi connectivity index (χ4n) is 4.84. The summed E-state index contributed by atoms with van der Waals surface area (Å²) in [5.74, 6) is 1.60. The first-order valence-electron chi connectivity index (χ1n) is 11.8. The third-order valence-electron chi connectivity index (χ3n) is 6.71. The average molecular weight is 520 g/mol. The highest BCUT2D eigenvalue weighted by Gasteiger charge is 2.37. The van der Waals surface area contributed by atoms with E-state index in [0.29, 0.717) is 35.9 Å². The third-order valence-corrected chi connectivity index (χ3v) is 6.96. The summed E-state index contributed by atoms with van der Waals surface area (Å²) in [6.45, 7) is 3.19. The van der Waals surface area contributed by atoms with Crippen LogP contribution in [-0.2, 0) is 12.7 Å². The maximum absolute atomic E-state index is 13.4. The summed E-state index contributed by atoms with van der Waals surface area (Å²) in [5, 5.41) is 12.3. The summed E-state index contributed by atoms with van der Waals surface area (Å²) in [4.78, 5) is 15.1. The second kappa shape index (κ2) is 9.65. The summed E-state index contributed by atoms with van der Waals surface area (Å²) in [7, 11) is 0. The predicted molar refractivity (Wildman–Crippen MR) is 127 cm³/mol. The molecule has 3 heterocycles. The van der Waals surface area contributed by atoms with Gasteiger partial charge in [-0.2, -0.15) is 13.2 Å². The minimum Gasteiger partial charge on any atom is -0.493 e. The number of likely N-dealkylation sites (tertiary alicyclic amines) is 1. The lowest BCUT2D eigenvalue weighted by Crippen LogP contribution is -2.43. The van der Waals surface area contributed by atoms with Gasteiger partial charge in [-0.15, -0.1) is 10.2 Å². The van der Waals surface area contributed by atoms with Crippen LogP contribution in [0.4, 0.5) is 18.0 Å². The summed E-state index contributed by atoms with van der Waals surface area (Å²) in [5.41, 5.74) is 0.804. The zero-order valence-electron chi connectivity index (χ0n) is 19.6. The molecule has 190 valence electrons. The Balaban J connectivity index is 1.34. The zero-order valence-corrected chi connectivity index (χ0v) is 20.3. The van der Waals surface area contributed by atoms with Crippen LogP contribution in [-0.4, -0.2) is 38.8 Å². The van der Waals surface area contributed by atoms with Crippen LogP contribution in [0.5, 0.6) is 5.75 Å². The van der Waals surface area contributed by atoms with Crippen molar-refractivity contribution in [2.75, 3.05) is 13.2 Å². The van der Waals surface area contributed by atoms with Crippen LogP contribution < -0.4 is 10.1 Å². The molecule has 5 rings (SSSR count). The first-order chi connectivity index (χ1) is 17.2. The van der Waals surface area contributed by atoms with Crippen LogP contribution in [0.25, 0.3) is 0 Å². The standard InChI is InChI=1S/C25H25ClF3N5O2/c1-15-31-32-23(34(15)14-16-4-7-18(26)8-5-16)21-3-2-11-33(21)24(35)30-20-10-12-36-22-13-17(25(27,28)29)6-9-19(20)22/h4-9,13,20-21H,2-3,10-12,14H2,1H3,(H,30,35)/t20?,21-/m1/s1. The molecule has 1 N–H and O–H groups in total. The van der Waals surface area contributed by atoms with Crippen molar-refractivity contribution in [1.29, 1.82) is 0 Å². The smallest absolute Gasteiger partial charge is 0.416 e. The van der Waals surface area contributed by atoms with E-state index in [1.54, 1.807) is 4.90 Å². The minimum absolute atomic E-state index is 0.151. The van der Waals surface area contributed by atoms with Gasteiger partial charge in [0.25, 0.3) is 0 Å². The number of hydrogen-bond acceptors (Lipinski definition) is 4. The number of alkyl halides is 3. The van der Waals surface area contributed by atoms with Crippen molar-refractivity contribution in [2.45, 2.75) is 51.0 Å². The Morgan fingerprint density at radius 2 is 1.94 bits per heavy atom. The van der Waals surface area contributed by atoms with Crippen molar-refractivity contribution in [2.24, 2.45) is 0 Å². The Morgan fingerprint density at radius 1 is 1.17 bits per heavy atom. The number of aryl methyl sites for hydroxylation is 1. The van der Waals surface area contributed by atoms with Crippen LogP contribution in [0.15, 0.2) is 42.5 Å². The maximum Gasteiger partial charge on any atom is 0.416 e. The molecule has 2 atom stereocenters. The number of halogens is 4. The molecule has 1 saturated heterocycles. The number of aromatic nitrogens is 3. The fraction of sp³-hybridized carbons (Fsp3) is 0.400. The number of benzene rings is 2. The molecule has 36 heavy (non-hydrogen) atoms. The van der Waals surface area contributed by atoms with Crippen molar-refractivity contribution in [3.63, 3.8) is 0 Å². The van der Waals surface area contributed by atoms with E-state index >= 15 is 0 Å². The molecular formula is C25H25ClF3N5O2. The molecule has 0 aliphatic carbocycles. The molecule has 0 saturated carbocycles. The Labute approximate surface area is 211 Å². The van der Waals surface area contributed by atoms with Crippen LogP contribution in [0.1, 0.15) is 59.7 Å². The molecule has 1 fully saturated rings. The van der Waals surface area contributed by atoms with E-state index in [2.05, 4.69) is 15.5 Å². The molecule has 0 bridgehead atoms. The van der Waals surface area contributed by atoms with Gasteiger partial charge in [-0.1, -0.05) is 29.8 Å². The molecule has 2 aliphatic rings. The molecule has 0 radical (unpaired) electrons. The largest absolute Gasteiger partial charge is 0.493 e. The maximum atomic E-state index is 13.4. The van der Waals surface area contributed by atoms with Gasteiger partial charge < -0.3 is 19.5 Å². The SMILES string of the molecule is Cc1nnc([C@H]2CCCN2C(=O)NC2CCOc3cc(C(F)(F)F)ccc32)n1Cc1ccc(Cl)cc1. The van der Waals surface area contributed by atoms with Gasteiger partial charge in [0.1, 0.15) is 11.6 Å². The molecule has 1 unspecified atom stereocenters. The highest BCUT2D eigenvalue weighted by molar-refractivity contribution is 6.30. The number of nitrogens with zero attached hydrogens (tertiary/aromatic N) is 4. The number of urea groups is 1. The van der Waals surface area contributed by atoms with Crippen LogP contribution in [0.2, 0.25) is 5.02 Å². The summed E-state index contributed by atoms with van der Waals surface area (Å²) in [6, 6.07) is 9.95. The summed E-state index contributed by atoms with van der Waals surface area (Å²) < 4.78 is 46.8. The number of carbonyl (C=O) groups excluding carboxylic acids is 1. The minimum atomic E-state index is -4.46. The Hall–Kier alpha value is -3.27. The topological polar surface area (TPSA) is 72.3 Å². The monoisotopic (exact) mass is 519 g/mol. The first kappa shape index (κ1) is 24.4. The normalized spacial score (nSPS) is 19.6. The van der Waals surface area contributed by atoms with E-state index in [9.17, 15) is 18.0 Å². The van der Waals surface area contributed by atoms with Gasteiger partial charge in [0, 0.05) is 23.6 Å². The first-order valence-corrected chi connectivity index (χ1v) is 12.1. The van der Waals surface area contributed by atoms with Crippen molar-refractivity contribution in [3.05, 3.63) is 75.8 Å². The molecule has 2 aromatic carbocycles. The molecular weight excluding hydrogens is 495 g/mol. The highest BCUT2D eigenvalue weighted by atomic mass is 35.5. The van der Waals surface area contributed by atoms with E-state index in [-0.39, 0.29) is 24.4 Å². The lowest BCUT2D eigenvalue weighted by molar-refractivity contribution is -0.137. The average Bonchev–Trinajstić information content (AvgIpc) is 3.47. The number of hydrogen-bond donors (Lipinski definition) is 1. The van der Waals surface area contributed by atoms with Crippen molar-refractivity contribution >= 4 is 17.6 Å². The molecule has 1 aromatic heterocycles. The molecule has 2 amide bonds. The number of fused-ring (bicyclic) bond motifs is 1. The van der Waals surface area contributed by atoms with E-state index in [1.807, 2.05) is 35.8 Å². The predicted octanol–water partition coefficient (Wildman–Crippen LogP) is 5.68. The second-order valence-corrected chi connectivity index (χ2v) is 9.50. The Bertz CT molecular complexity index is 1260. The Morgan fingerprint density at radius 3 is 2.69 bits per heavy atom. The molecule has 3 aromatic rings. The number of rotatable bonds is 4. The van der Waals surface area contributed by atoms with Crippen LogP contribution >= 0.6 is 11.6 Å². The summed E-state index contributed by atoms with van der Waals surface area (Å²) >= 11 is 6.01. The van der Waals surface area contributed by atoms with Crippen molar-refractivity contribution in [3.8, 4) is 5.75 Å². The number of carbonyl (C=O) groups is 1. The van der Waals surface area contributed by atoms with Gasteiger partial charge in [-0.05, 0) is 49.6 Å². The molecule has 2 aliphatic heterocycles. The zero-order chi connectivity index (χ0) is 25.4.